The number of aliphatic hydroxyl groups excluding tert-OH is 1. The second-order valence-electron chi connectivity index (χ2n) is 6.50. The number of piperazine rings is 1. The van der Waals surface area contributed by atoms with Crippen LogP contribution < -0.4 is 4.90 Å². The highest BCUT2D eigenvalue weighted by Gasteiger charge is 2.36. The molecule has 2 aromatic rings. The lowest BCUT2D eigenvalue weighted by atomic mass is 10.1. The summed E-state index contributed by atoms with van der Waals surface area (Å²) < 4.78 is 39.4. The smallest absolute Gasteiger partial charge is 0.391 e. The van der Waals surface area contributed by atoms with Crippen LogP contribution in [0.1, 0.15) is 11.1 Å². The van der Waals surface area contributed by atoms with Gasteiger partial charge in [0.2, 0.25) is 0 Å². The van der Waals surface area contributed by atoms with E-state index in [1.165, 1.54) is 12.3 Å². The number of hydrogen-bond donors (Lipinski definition) is 1. The number of halogens is 3. The highest BCUT2D eigenvalue weighted by molar-refractivity contribution is 5.48. The van der Waals surface area contributed by atoms with Gasteiger partial charge < -0.3 is 10.0 Å². The molecule has 1 fully saturated rings. The molecule has 1 aliphatic rings. The van der Waals surface area contributed by atoms with Crippen LogP contribution in [0, 0.1) is 0 Å². The molecule has 1 unspecified atom stereocenters. The molecule has 0 spiro atoms. The number of rotatable bonds is 5. The number of anilines is 1. The molecule has 26 heavy (non-hydrogen) atoms. The van der Waals surface area contributed by atoms with Crippen LogP contribution in [-0.4, -0.2) is 53.8 Å². The lowest BCUT2D eigenvalue weighted by molar-refractivity contribution is -0.137. The summed E-state index contributed by atoms with van der Waals surface area (Å²) in [7, 11) is 0. The zero-order valence-electron chi connectivity index (χ0n) is 14.4. The minimum atomic E-state index is -4.41. The summed E-state index contributed by atoms with van der Waals surface area (Å²) in [6.07, 6.45) is -2.95. The minimum Gasteiger partial charge on any atom is -0.391 e. The van der Waals surface area contributed by atoms with E-state index in [1.807, 2.05) is 30.3 Å². The Balaban J connectivity index is 1.55. The van der Waals surface area contributed by atoms with E-state index in [1.54, 1.807) is 4.90 Å². The van der Waals surface area contributed by atoms with Gasteiger partial charge in [-0.3, -0.25) is 4.90 Å². The molecule has 4 nitrogen and oxygen atoms in total. The van der Waals surface area contributed by atoms with Crippen LogP contribution in [0.25, 0.3) is 0 Å². The largest absolute Gasteiger partial charge is 0.419 e. The maximum absolute atomic E-state index is 13.1. The second-order valence-corrected chi connectivity index (χ2v) is 6.50. The molecule has 3 rings (SSSR count). The number of aliphatic hydroxyl groups is 1. The predicted octanol–water partition coefficient (Wildman–Crippen LogP) is 2.83. The van der Waals surface area contributed by atoms with Crippen molar-refractivity contribution in [2.75, 3.05) is 37.6 Å². The number of β-amino-alcohol motifs (C(OH)–C–C–N with tert-alkyl or cyclic N) is 1. The van der Waals surface area contributed by atoms with E-state index in [4.69, 9.17) is 0 Å². The fourth-order valence-corrected chi connectivity index (χ4v) is 3.26. The van der Waals surface area contributed by atoms with Crippen molar-refractivity contribution >= 4 is 5.82 Å². The van der Waals surface area contributed by atoms with Gasteiger partial charge in [0, 0.05) is 38.9 Å². The Kier molecular flexibility index (Phi) is 5.78. The van der Waals surface area contributed by atoms with Crippen molar-refractivity contribution in [3.8, 4) is 0 Å². The van der Waals surface area contributed by atoms with Crippen LogP contribution >= 0.6 is 0 Å². The number of benzene rings is 1. The maximum Gasteiger partial charge on any atom is 0.419 e. The Morgan fingerprint density at radius 2 is 1.69 bits per heavy atom. The summed E-state index contributed by atoms with van der Waals surface area (Å²) in [4.78, 5) is 7.70. The highest BCUT2D eigenvalue weighted by Crippen LogP contribution is 2.35. The van der Waals surface area contributed by atoms with E-state index in [2.05, 4.69) is 9.88 Å². The summed E-state index contributed by atoms with van der Waals surface area (Å²) in [6.45, 7) is 2.62. The SMILES string of the molecule is OC(Cc1ccccc1)CN1CCN(c2ncccc2C(F)(F)F)CC1. The van der Waals surface area contributed by atoms with Crippen LogP contribution in [0.2, 0.25) is 0 Å². The zero-order valence-corrected chi connectivity index (χ0v) is 14.4. The molecule has 1 saturated heterocycles. The maximum atomic E-state index is 13.1. The fraction of sp³-hybridized carbons (Fsp3) is 0.421. The fourth-order valence-electron chi connectivity index (χ4n) is 3.26. The van der Waals surface area contributed by atoms with Gasteiger partial charge >= 0.3 is 6.18 Å². The Hall–Kier alpha value is -2.12. The Bertz CT molecular complexity index is 701. The van der Waals surface area contributed by atoms with E-state index in [0.717, 1.165) is 11.6 Å². The minimum absolute atomic E-state index is 0.00974. The quantitative estimate of drug-likeness (QED) is 0.885. The normalized spacial score (nSPS) is 17.3. The van der Waals surface area contributed by atoms with Gasteiger partial charge in [-0.25, -0.2) is 4.98 Å². The lowest BCUT2D eigenvalue weighted by Crippen LogP contribution is -2.49. The van der Waals surface area contributed by atoms with Gasteiger partial charge in [-0.15, -0.1) is 0 Å². The van der Waals surface area contributed by atoms with Crippen molar-refractivity contribution in [3.63, 3.8) is 0 Å². The van der Waals surface area contributed by atoms with Crippen molar-refractivity contribution in [3.05, 3.63) is 59.8 Å². The van der Waals surface area contributed by atoms with Crippen molar-refractivity contribution in [2.24, 2.45) is 0 Å². The Morgan fingerprint density at radius 1 is 1.00 bits per heavy atom. The molecule has 1 atom stereocenters. The molecule has 1 N–H and O–H groups in total. The molecule has 140 valence electrons. The van der Waals surface area contributed by atoms with Crippen LogP contribution in [0.4, 0.5) is 19.0 Å². The third-order valence-electron chi connectivity index (χ3n) is 4.55. The van der Waals surface area contributed by atoms with E-state index in [-0.39, 0.29) is 5.82 Å². The first-order valence-corrected chi connectivity index (χ1v) is 8.65. The number of pyridine rings is 1. The molecule has 0 saturated carbocycles. The first-order chi connectivity index (χ1) is 12.4. The predicted molar refractivity (Wildman–Crippen MR) is 94.0 cm³/mol. The molecule has 0 aliphatic carbocycles. The molecular formula is C19H22F3N3O. The van der Waals surface area contributed by atoms with Crippen LogP contribution in [0.3, 0.4) is 0 Å². The van der Waals surface area contributed by atoms with Crippen molar-refractivity contribution in [2.45, 2.75) is 18.7 Å². The van der Waals surface area contributed by atoms with E-state index in [0.29, 0.717) is 39.1 Å². The topological polar surface area (TPSA) is 39.6 Å². The van der Waals surface area contributed by atoms with Gasteiger partial charge in [0.05, 0.1) is 11.7 Å². The average molecular weight is 365 g/mol. The molecule has 2 heterocycles. The molecule has 7 heteroatoms. The van der Waals surface area contributed by atoms with Gasteiger partial charge in [0.25, 0.3) is 0 Å². The first kappa shape index (κ1) is 18.7. The highest BCUT2D eigenvalue weighted by atomic mass is 19.4. The van der Waals surface area contributed by atoms with Crippen LogP contribution in [0.5, 0.6) is 0 Å². The standard InChI is InChI=1S/C19H22F3N3O/c20-19(21,22)17-7-4-8-23-18(17)25-11-9-24(10-12-25)14-16(26)13-15-5-2-1-3-6-15/h1-8,16,26H,9-14H2. The first-order valence-electron chi connectivity index (χ1n) is 8.65. The Morgan fingerprint density at radius 3 is 2.35 bits per heavy atom. The zero-order chi connectivity index (χ0) is 18.6. The van der Waals surface area contributed by atoms with Gasteiger partial charge in [0.15, 0.2) is 0 Å². The number of hydrogen-bond acceptors (Lipinski definition) is 4. The van der Waals surface area contributed by atoms with Crippen LogP contribution in [-0.2, 0) is 12.6 Å². The summed E-state index contributed by atoms with van der Waals surface area (Å²) >= 11 is 0. The van der Waals surface area contributed by atoms with Gasteiger partial charge in [-0.1, -0.05) is 30.3 Å². The molecule has 1 aromatic carbocycles. The number of aromatic nitrogens is 1. The summed E-state index contributed by atoms with van der Waals surface area (Å²) in [5.41, 5.74) is 0.375. The summed E-state index contributed by atoms with van der Waals surface area (Å²) in [5, 5.41) is 10.3. The van der Waals surface area contributed by atoms with Crippen molar-refractivity contribution < 1.29 is 18.3 Å². The van der Waals surface area contributed by atoms with Crippen molar-refractivity contribution in [1.29, 1.82) is 0 Å². The van der Waals surface area contributed by atoms with Gasteiger partial charge in [0.1, 0.15) is 5.82 Å². The average Bonchev–Trinajstić information content (AvgIpc) is 2.62. The van der Waals surface area contributed by atoms with E-state index in [9.17, 15) is 18.3 Å². The summed E-state index contributed by atoms with van der Waals surface area (Å²) in [6, 6.07) is 12.1. The third-order valence-corrected chi connectivity index (χ3v) is 4.55. The monoisotopic (exact) mass is 365 g/mol. The Labute approximate surface area is 150 Å². The van der Waals surface area contributed by atoms with Gasteiger partial charge in [-0.05, 0) is 24.1 Å². The molecule has 0 amide bonds. The number of alkyl halides is 3. The molecule has 0 radical (unpaired) electrons. The molecule has 1 aromatic heterocycles. The van der Waals surface area contributed by atoms with Crippen molar-refractivity contribution in [1.82, 2.24) is 9.88 Å². The van der Waals surface area contributed by atoms with Gasteiger partial charge in [-0.2, -0.15) is 13.2 Å². The lowest BCUT2D eigenvalue weighted by Gasteiger charge is -2.37. The number of nitrogens with zero attached hydrogens (tertiary/aromatic N) is 3. The second kappa shape index (κ2) is 8.05. The van der Waals surface area contributed by atoms with E-state index < -0.39 is 17.8 Å². The molecule has 1 aliphatic heterocycles. The van der Waals surface area contributed by atoms with Crippen LogP contribution in [0.15, 0.2) is 48.7 Å². The third kappa shape index (κ3) is 4.74. The molecule has 0 bridgehead atoms. The molecular weight excluding hydrogens is 343 g/mol. The van der Waals surface area contributed by atoms with E-state index >= 15 is 0 Å². The summed E-state index contributed by atoms with van der Waals surface area (Å²) in [5.74, 6) is -0.00974.